The van der Waals surface area contributed by atoms with Crippen LogP contribution in [-0.2, 0) is 13.0 Å². The predicted octanol–water partition coefficient (Wildman–Crippen LogP) is 4.43. The maximum atomic E-state index is 13.3. The lowest BCUT2D eigenvalue weighted by Crippen LogP contribution is -2.31. The zero-order valence-electron chi connectivity index (χ0n) is 14.1. The quantitative estimate of drug-likeness (QED) is 0.747. The monoisotopic (exact) mass is 335 g/mol. The molecule has 0 amide bonds. The summed E-state index contributed by atoms with van der Waals surface area (Å²) in [7, 11) is 0. The molecule has 3 aromatic rings. The average molecular weight is 335 g/mol. The van der Waals surface area contributed by atoms with E-state index in [1.807, 2.05) is 24.7 Å². The normalized spacial score (nSPS) is 17.9. The van der Waals surface area contributed by atoms with Crippen molar-refractivity contribution in [1.29, 1.82) is 0 Å². The maximum absolute atomic E-state index is 13.3. The van der Waals surface area contributed by atoms with E-state index in [1.54, 1.807) is 6.20 Å². The highest BCUT2D eigenvalue weighted by Crippen LogP contribution is 2.32. The molecule has 0 bridgehead atoms. The van der Waals surface area contributed by atoms with E-state index in [1.165, 1.54) is 29.7 Å². The van der Waals surface area contributed by atoms with E-state index in [9.17, 15) is 4.39 Å². The fraction of sp³-hybridized carbons (Fsp3) is 0.286. The van der Waals surface area contributed by atoms with Gasteiger partial charge in [0.1, 0.15) is 5.82 Å². The first-order valence-electron chi connectivity index (χ1n) is 8.84. The zero-order chi connectivity index (χ0) is 17.1. The van der Waals surface area contributed by atoms with E-state index in [-0.39, 0.29) is 11.9 Å². The van der Waals surface area contributed by atoms with Gasteiger partial charge in [-0.3, -0.25) is 0 Å². The Hall–Kier alpha value is -2.46. The van der Waals surface area contributed by atoms with Crippen LogP contribution in [0.5, 0.6) is 0 Å². The number of halogens is 1. The number of aryl methyl sites for hydroxylation is 1. The van der Waals surface area contributed by atoms with Gasteiger partial charge in [0, 0.05) is 25.0 Å². The summed E-state index contributed by atoms with van der Waals surface area (Å²) in [5.41, 5.74) is 3.93. The molecule has 128 valence electrons. The number of nitrogens with zero attached hydrogens (tertiary/aromatic N) is 2. The van der Waals surface area contributed by atoms with Crippen molar-refractivity contribution in [2.75, 3.05) is 0 Å². The van der Waals surface area contributed by atoms with Crippen molar-refractivity contribution in [3.8, 4) is 0 Å². The Morgan fingerprint density at radius 2 is 2.00 bits per heavy atom. The average Bonchev–Trinajstić information content (AvgIpc) is 3.15. The highest BCUT2D eigenvalue weighted by atomic mass is 19.1. The highest BCUT2D eigenvalue weighted by Gasteiger charge is 2.23. The second-order valence-corrected chi connectivity index (χ2v) is 6.67. The summed E-state index contributed by atoms with van der Waals surface area (Å²) in [5, 5.41) is 3.82. The van der Waals surface area contributed by atoms with E-state index >= 15 is 0 Å². The Labute approximate surface area is 147 Å². The molecule has 0 spiro atoms. The molecule has 1 N–H and O–H groups in total. The molecule has 3 nitrogen and oxygen atoms in total. The van der Waals surface area contributed by atoms with E-state index in [0.717, 1.165) is 24.9 Å². The molecule has 0 saturated carbocycles. The second-order valence-electron chi connectivity index (χ2n) is 6.67. The SMILES string of the molecule is Fc1ccc([C@H](Cn2ccnc2)N[C@H]2CCCc3ccccc32)cc1. The lowest BCUT2D eigenvalue weighted by molar-refractivity contribution is 0.370. The van der Waals surface area contributed by atoms with Crippen LogP contribution in [0.25, 0.3) is 0 Å². The largest absolute Gasteiger partial charge is 0.336 e. The molecule has 0 radical (unpaired) electrons. The first kappa shape index (κ1) is 16.0. The van der Waals surface area contributed by atoms with E-state index in [4.69, 9.17) is 0 Å². The number of benzene rings is 2. The van der Waals surface area contributed by atoms with Crippen molar-refractivity contribution in [3.63, 3.8) is 0 Å². The minimum Gasteiger partial charge on any atom is -0.336 e. The lowest BCUT2D eigenvalue weighted by Gasteiger charge is -2.31. The zero-order valence-corrected chi connectivity index (χ0v) is 14.1. The third-order valence-electron chi connectivity index (χ3n) is 5.00. The van der Waals surface area contributed by atoms with Crippen LogP contribution in [-0.4, -0.2) is 9.55 Å². The van der Waals surface area contributed by atoms with Gasteiger partial charge in [0.15, 0.2) is 0 Å². The van der Waals surface area contributed by atoms with Crippen LogP contribution in [0.15, 0.2) is 67.3 Å². The van der Waals surface area contributed by atoms with Crippen molar-refractivity contribution in [1.82, 2.24) is 14.9 Å². The van der Waals surface area contributed by atoms with E-state index in [2.05, 4.69) is 39.1 Å². The minimum absolute atomic E-state index is 0.103. The van der Waals surface area contributed by atoms with Crippen LogP contribution in [0.2, 0.25) is 0 Å². The van der Waals surface area contributed by atoms with Crippen molar-refractivity contribution in [3.05, 3.63) is 89.8 Å². The molecule has 2 aromatic carbocycles. The summed E-state index contributed by atoms with van der Waals surface area (Å²) in [6, 6.07) is 15.9. The van der Waals surface area contributed by atoms with Gasteiger partial charge in [-0.25, -0.2) is 9.37 Å². The second kappa shape index (κ2) is 7.19. The molecule has 1 aliphatic rings. The molecule has 0 saturated heterocycles. The Balaban J connectivity index is 1.61. The summed E-state index contributed by atoms with van der Waals surface area (Å²) in [4.78, 5) is 4.14. The summed E-state index contributed by atoms with van der Waals surface area (Å²) < 4.78 is 15.4. The number of rotatable bonds is 5. The van der Waals surface area contributed by atoms with Crippen LogP contribution >= 0.6 is 0 Å². The Bertz CT molecular complexity index is 811. The molecule has 1 aromatic heterocycles. The van der Waals surface area contributed by atoms with Crippen molar-refractivity contribution in [2.45, 2.75) is 37.9 Å². The third-order valence-corrected chi connectivity index (χ3v) is 5.00. The fourth-order valence-electron chi connectivity index (χ4n) is 3.72. The van der Waals surface area contributed by atoms with Gasteiger partial charge in [-0.2, -0.15) is 0 Å². The van der Waals surface area contributed by atoms with Gasteiger partial charge in [-0.1, -0.05) is 36.4 Å². The van der Waals surface area contributed by atoms with Gasteiger partial charge in [0.25, 0.3) is 0 Å². The first-order valence-corrected chi connectivity index (χ1v) is 8.84. The van der Waals surface area contributed by atoms with Crippen LogP contribution in [0.1, 0.15) is 41.6 Å². The Kier molecular flexibility index (Phi) is 4.61. The first-order chi connectivity index (χ1) is 12.3. The van der Waals surface area contributed by atoms with E-state index in [0.29, 0.717) is 6.04 Å². The topological polar surface area (TPSA) is 29.9 Å². The lowest BCUT2D eigenvalue weighted by atomic mass is 9.87. The van der Waals surface area contributed by atoms with Crippen LogP contribution in [0.4, 0.5) is 4.39 Å². The molecule has 2 atom stereocenters. The molecule has 1 heterocycles. The van der Waals surface area contributed by atoms with Crippen molar-refractivity contribution >= 4 is 0 Å². The molecule has 1 aliphatic carbocycles. The Morgan fingerprint density at radius 3 is 2.80 bits per heavy atom. The molecule has 0 unspecified atom stereocenters. The molecule has 4 heteroatoms. The molecule has 0 fully saturated rings. The highest BCUT2D eigenvalue weighted by molar-refractivity contribution is 5.32. The summed E-state index contributed by atoms with van der Waals surface area (Å²) in [5.74, 6) is -0.201. The summed E-state index contributed by atoms with van der Waals surface area (Å²) in [6.07, 6.45) is 9.04. The predicted molar refractivity (Wildman–Crippen MR) is 96.6 cm³/mol. The number of aromatic nitrogens is 2. The standard InChI is InChI=1S/C21H22FN3/c22-18-10-8-17(9-11-18)21(14-25-13-12-23-15-25)24-20-7-3-5-16-4-1-2-6-19(16)20/h1-2,4,6,8-13,15,20-21,24H,3,5,7,14H2/t20-,21-/m0/s1. The third kappa shape index (κ3) is 3.64. The smallest absolute Gasteiger partial charge is 0.123 e. The molecule has 4 rings (SSSR count). The summed E-state index contributed by atoms with van der Waals surface area (Å²) in [6.45, 7) is 0.768. The maximum Gasteiger partial charge on any atom is 0.123 e. The number of imidazole rings is 1. The molecular formula is C21H22FN3. The van der Waals surface area contributed by atoms with Gasteiger partial charge < -0.3 is 9.88 Å². The number of nitrogens with one attached hydrogen (secondary N) is 1. The van der Waals surface area contributed by atoms with Gasteiger partial charge in [-0.15, -0.1) is 0 Å². The van der Waals surface area contributed by atoms with Crippen molar-refractivity contribution < 1.29 is 4.39 Å². The van der Waals surface area contributed by atoms with Crippen LogP contribution in [0.3, 0.4) is 0 Å². The van der Waals surface area contributed by atoms with Crippen LogP contribution in [0, 0.1) is 5.82 Å². The minimum atomic E-state index is -0.201. The van der Waals surface area contributed by atoms with Gasteiger partial charge in [-0.05, 0) is 48.1 Å². The van der Waals surface area contributed by atoms with Crippen LogP contribution < -0.4 is 5.32 Å². The number of fused-ring (bicyclic) bond motifs is 1. The molecule has 0 aliphatic heterocycles. The molecular weight excluding hydrogens is 313 g/mol. The van der Waals surface area contributed by atoms with Gasteiger partial charge in [0.05, 0.1) is 12.4 Å². The fourth-order valence-corrected chi connectivity index (χ4v) is 3.72. The number of hydrogen-bond donors (Lipinski definition) is 1. The van der Waals surface area contributed by atoms with Gasteiger partial charge in [0.2, 0.25) is 0 Å². The summed E-state index contributed by atoms with van der Waals surface area (Å²) >= 11 is 0. The Morgan fingerprint density at radius 1 is 1.16 bits per heavy atom. The molecule has 25 heavy (non-hydrogen) atoms. The van der Waals surface area contributed by atoms with E-state index < -0.39 is 0 Å². The van der Waals surface area contributed by atoms with Crippen molar-refractivity contribution in [2.24, 2.45) is 0 Å². The van der Waals surface area contributed by atoms with Gasteiger partial charge >= 0.3 is 0 Å². The number of hydrogen-bond acceptors (Lipinski definition) is 2.